The number of benzene rings is 1. The largest absolute Gasteiger partial charge is 0.444 e. The van der Waals surface area contributed by atoms with E-state index in [2.05, 4.69) is 26.3 Å². The zero-order valence-electron chi connectivity index (χ0n) is 24.9. The molecule has 0 heterocycles. The first-order chi connectivity index (χ1) is 19.4. The quantitative estimate of drug-likeness (QED) is 0.0793. The highest BCUT2D eigenvalue weighted by molar-refractivity contribution is 6.36. The fourth-order valence-corrected chi connectivity index (χ4v) is 2.81. The Balaban J connectivity index is 2.52. The van der Waals surface area contributed by atoms with Crippen molar-refractivity contribution in [1.29, 1.82) is 0 Å². The van der Waals surface area contributed by atoms with Gasteiger partial charge in [0, 0.05) is 26.1 Å². The van der Waals surface area contributed by atoms with E-state index in [0.717, 1.165) is 5.56 Å². The number of carbonyl (C=O) groups excluding carboxylic acids is 6. The maximum Gasteiger partial charge on any atom is 0.414 e. The van der Waals surface area contributed by atoms with Crippen LogP contribution in [0.3, 0.4) is 0 Å². The number of rotatable bonds is 10. The van der Waals surface area contributed by atoms with Crippen LogP contribution in [0.15, 0.2) is 35.5 Å². The summed E-state index contributed by atoms with van der Waals surface area (Å²) in [5.41, 5.74) is -0.874. The van der Waals surface area contributed by atoms with Crippen molar-refractivity contribution in [2.24, 2.45) is 4.99 Å². The minimum atomic E-state index is -0.946. The first kappa shape index (κ1) is 35.3. The summed E-state index contributed by atoms with van der Waals surface area (Å²) in [6, 6.07) is 6.54. The normalized spacial score (nSPS) is 11.1. The molecule has 4 amide bonds. The van der Waals surface area contributed by atoms with Gasteiger partial charge in [-0.25, -0.2) is 9.59 Å². The average Bonchev–Trinajstić information content (AvgIpc) is 2.83. The van der Waals surface area contributed by atoms with E-state index in [1.807, 2.05) is 0 Å². The number of ether oxygens (including phenoxy) is 3. The Bertz CT molecular complexity index is 1160. The van der Waals surface area contributed by atoms with Gasteiger partial charge in [-0.3, -0.25) is 34.8 Å². The Kier molecular flexibility index (Phi) is 13.9. The molecule has 0 fully saturated rings. The van der Waals surface area contributed by atoms with Crippen LogP contribution in [0.2, 0.25) is 0 Å². The average molecular weight is 590 g/mol. The molecule has 14 heteroatoms. The van der Waals surface area contributed by atoms with E-state index < -0.39 is 53.5 Å². The number of esters is 1. The number of guanidine groups is 1. The zero-order valence-corrected chi connectivity index (χ0v) is 24.9. The minimum Gasteiger partial charge on any atom is -0.444 e. The third kappa shape index (κ3) is 17.0. The van der Waals surface area contributed by atoms with Crippen LogP contribution in [0.1, 0.15) is 66.9 Å². The van der Waals surface area contributed by atoms with Gasteiger partial charge >= 0.3 is 18.2 Å². The van der Waals surface area contributed by atoms with Crippen molar-refractivity contribution in [1.82, 2.24) is 21.3 Å². The second-order valence-electron chi connectivity index (χ2n) is 10.8. The predicted octanol–water partition coefficient (Wildman–Crippen LogP) is 2.57. The lowest BCUT2D eigenvalue weighted by Crippen LogP contribution is -2.47. The second-order valence-corrected chi connectivity index (χ2v) is 10.8. The number of ketones is 1. The smallest absolute Gasteiger partial charge is 0.414 e. The predicted molar refractivity (Wildman–Crippen MR) is 153 cm³/mol. The second kappa shape index (κ2) is 16.5. The van der Waals surface area contributed by atoms with Crippen LogP contribution in [0.25, 0.3) is 6.08 Å². The lowest BCUT2D eigenvalue weighted by atomic mass is 10.2. The van der Waals surface area contributed by atoms with Crippen molar-refractivity contribution in [3.63, 3.8) is 0 Å². The van der Waals surface area contributed by atoms with Crippen LogP contribution in [-0.4, -0.2) is 66.0 Å². The van der Waals surface area contributed by atoms with Crippen molar-refractivity contribution in [3.05, 3.63) is 36.0 Å². The minimum absolute atomic E-state index is 0.0346. The van der Waals surface area contributed by atoms with Gasteiger partial charge in [0.15, 0.2) is 0 Å². The molecule has 0 radical (unpaired) electrons. The molecule has 230 valence electrons. The van der Waals surface area contributed by atoms with Gasteiger partial charge in [0.1, 0.15) is 17.0 Å². The van der Waals surface area contributed by atoms with E-state index in [0.29, 0.717) is 5.75 Å². The number of amides is 4. The Hall–Kier alpha value is -4.75. The summed E-state index contributed by atoms with van der Waals surface area (Å²) in [5, 5.41) is 9.32. The van der Waals surface area contributed by atoms with Gasteiger partial charge in [0.05, 0.1) is 6.54 Å². The van der Waals surface area contributed by atoms with E-state index in [1.54, 1.807) is 71.9 Å². The van der Waals surface area contributed by atoms with Crippen molar-refractivity contribution in [2.75, 3.05) is 13.1 Å². The van der Waals surface area contributed by atoms with Crippen LogP contribution in [0, 0.1) is 0 Å². The number of hydrogen-bond donors (Lipinski definition) is 4. The van der Waals surface area contributed by atoms with Crippen LogP contribution >= 0.6 is 0 Å². The molecule has 1 aromatic carbocycles. The first-order valence-corrected chi connectivity index (χ1v) is 13.0. The molecule has 0 aliphatic rings. The van der Waals surface area contributed by atoms with E-state index in [1.165, 1.54) is 13.1 Å². The summed E-state index contributed by atoms with van der Waals surface area (Å²) >= 11 is 0. The topological polar surface area (TPSA) is 191 Å². The number of hydrogen-bond acceptors (Lipinski definition) is 10. The SMILES string of the molecule is CC(=O)Oc1ccc(/C=C/NC(=O)CNC(=O)C(=O)CCCN=C(NC(=O)OC(C)(C)C)NC(=O)OC(C)(C)C)cc1. The highest BCUT2D eigenvalue weighted by Gasteiger charge is 2.21. The van der Waals surface area contributed by atoms with Gasteiger partial charge in [-0.1, -0.05) is 12.1 Å². The maximum absolute atomic E-state index is 12.1. The van der Waals surface area contributed by atoms with E-state index >= 15 is 0 Å². The first-order valence-electron chi connectivity index (χ1n) is 13.0. The lowest BCUT2D eigenvalue weighted by Gasteiger charge is -2.22. The molecule has 0 aromatic heterocycles. The summed E-state index contributed by atoms with van der Waals surface area (Å²) in [6.07, 6.45) is 1.13. The Morgan fingerprint density at radius 1 is 0.857 bits per heavy atom. The van der Waals surface area contributed by atoms with Gasteiger partial charge in [-0.15, -0.1) is 0 Å². The maximum atomic E-state index is 12.1. The molecule has 0 aliphatic heterocycles. The molecule has 4 N–H and O–H groups in total. The number of alkyl carbamates (subject to hydrolysis) is 2. The van der Waals surface area contributed by atoms with Gasteiger partial charge in [-0.2, -0.15) is 0 Å². The third-order valence-electron chi connectivity index (χ3n) is 4.40. The highest BCUT2D eigenvalue weighted by atomic mass is 16.6. The van der Waals surface area contributed by atoms with Gasteiger partial charge < -0.3 is 24.8 Å². The van der Waals surface area contributed by atoms with E-state index in [4.69, 9.17) is 14.2 Å². The Morgan fingerprint density at radius 3 is 1.90 bits per heavy atom. The van der Waals surface area contributed by atoms with Gasteiger partial charge in [-0.05, 0) is 71.7 Å². The molecule has 0 atom stereocenters. The zero-order chi connectivity index (χ0) is 31.9. The summed E-state index contributed by atoms with van der Waals surface area (Å²) in [5.74, 6) is -2.58. The number of Topliss-reactive ketones (excluding diaryl/α,β-unsaturated/α-hetero) is 1. The summed E-state index contributed by atoms with van der Waals surface area (Å²) < 4.78 is 15.2. The van der Waals surface area contributed by atoms with Crippen molar-refractivity contribution in [3.8, 4) is 5.75 Å². The van der Waals surface area contributed by atoms with Crippen molar-refractivity contribution >= 4 is 47.8 Å². The number of nitrogens with one attached hydrogen (secondary N) is 4. The molecule has 42 heavy (non-hydrogen) atoms. The summed E-state index contributed by atoms with van der Waals surface area (Å²) in [7, 11) is 0. The van der Waals surface area contributed by atoms with Crippen LogP contribution in [0.4, 0.5) is 9.59 Å². The summed E-state index contributed by atoms with van der Waals surface area (Å²) in [6.45, 7) is 10.8. The fraction of sp³-hybridized carbons (Fsp3) is 0.464. The van der Waals surface area contributed by atoms with Crippen LogP contribution in [0.5, 0.6) is 5.75 Å². The monoisotopic (exact) mass is 589 g/mol. The van der Waals surface area contributed by atoms with Gasteiger partial charge in [0.25, 0.3) is 5.91 Å². The van der Waals surface area contributed by atoms with Gasteiger partial charge in [0.2, 0.25) is 17.6 Å². The van der Waals surface area contributed by atoms with Crippen LogP contribution in [-0.2, 0) is 28.7 Å². The van der Waals surface area contributed by atoms with E-state index in [9.17, 15) is 28.8 Å². The summed E-state index contributed by atoms with van der Waals surface area (Å²) in [4.78, 5) is 75.4. The molecule has 0 saturated heterocycles. The van der Waals surface area contributed by atoms with Crippen LogP contribution < -0.4 is 26.0 Å². The van der Waals surface area contributed by atoms with Crippen molar-refractivity contribution in [2.45, 2.75) is 72.5 Å². The highest BCUT2D eigenvalue weighted by Crippen LogP contribution is 2.13. The molecular formula is C28H39N5O9. The van der Waals surface area contributed by atoms with Crippen molar-refractivity contribution < 1.29 is 43.0 Å². The third-order valence-corrected chi connectivity index (χ3v) is 4.40. The molecular weight excluding hydrogens is 550 g/mol. The molecule has 0 aliphatic carbocycles. The molecule has 0 unspecified atom stereocenters. The Morgan fingerprint density at radius 2 is 1.40 bits per heavy atom. The molecule has 0 spiro atoms. The molecule has 1 aromatic rings. The molecule has 0 saturated carbocycles. The van der Waals surface area contributed by atoms with E-state index in [-0.39, 0.29) is 25.3 Å². The molecule has 1 rings (SSSR count). The molecule has 0 bridgehead atoms. The standard InChI is InChI=1S/C28H39N5O9/c1-18(34)40-20-12-10-19(11-13-20)14-16-29-22(36)17-31-23(37)21(35)9-8-15-30-24(32-25(38)41-27(2,3)4)33-26(39)42-28(5,6)7/h10-14,16H,8-9,15,17H2,1-7H3,(H,29,36)(H,31,37)(H2,30,32,33,38,39)/b16-14+. The number of carbonyl (C=O) groups is 6. The number of nitrogens with zero attached hydrogens (tertiary/aromatic N) is 1. The Labute approximate surface area is 244 Å². The number of aliphatic imine (C=N–C) groups is 1. The lowest BCUT2D eigenvalue weighted by molar-refractivity contribution is -0.138. The fourth-order valence-electron chi connectivity index (χ4n) is 2.81. The molecule has 14 nitrogen and oxygen atoms in total.